The van der Waals surface area contributed by atoms with E-state index in [1.54, 1.807) is 0 Å². The minimum absolute atomic E-state index is 0.189. The Balaban J connectivity index is 4.77. The molecule has 0 amide bonds. The van der Waals surface area contributed by atoms with E-state index in [2.05, 4.69) is 25.3 Å². The molecule has 0 aliphatic rings. The Morgan fingerprint density at radius 2 is 1.17 bits per heavy atom. The smallest absolute Gasteiger partial charge is 0.333 e. The molecule has 5 nitrogen and oxygen atoms in total. The lowest BCUT2D eigenvalue weighted by Crippen LogP contribution is -2.47. The molecule has 0 bridgehead atoms. The SMILES string of the molecule is O=C(O)C(O)C(CCCCCCS)(CCCCCCS)C(=O)O. The van der Waals surface area contributed by atoms with Gasteiger partial charge >= 0.3 is 11.9 Å². The van der Waals surface area contributed by atoms with Gasteiger partial charge in [-0.25, -0.2) is 4.79 Å². The molecule has 136 valence electrons. The van der Waals surface area contributed by atoms with E-state index >= 15 is 0 Å². The van der Waals surface area contributed by atoms with Crippen LogP contribution in [0.5, 0.6) is 0 Å². The molecule has 0 saturated carbocycles. The Hall–Kier alpha value is -0.400. The molecule has 1 unspecified atom stereocenters. The summed E-state index contributed by atoms with van der Waals surface area (Å²) in [6.07, 6.45) is 5.13. The van der Waals surface area contributed by atoms with Crippen LogP contribution < -0.4 is 0 Å². The van der Waals surface area contributed by atoms with E-state index in [9.17, 15) is 19.8 Å². The van der Waals surface area contributed by atoms with Crippen molar-refractivity contribution in [3.05, 3.63) is 0 Å². The highest BCUT2D eigenvalue weighted by atomic mass is 32.1. The highest BCUT2D eigenvalue weighted by Crippen LogP contribution is 2.36. The van der Waals surface area contributed by atoms with E-state index in [1.807, 2.05) is 0 Å². The molecular weight excluding hydrogens is 336 g/mol. The van der Waals surface area contributed by atoms with Gasteiger partial charge in [-0.1, -0.05) is 38.5 Å². The van der Waals surface area contributed by atoms with Crippen molar-refractivity contribution in [3.63, 3.8) is 0 Å². The largest absolute Gasteiger partial charge is 0.481 e. The number of unbranched alkanes of at least 4 members (excludes halogenated alkanes) is 6. The molecule has 0 rings (SSSR count). The summed E-state index contributed by atoms with van der Waals surface area (Å²) in [7, 11) is 0. The van der Waals surface area contributed by atoms with Crippen molar-refractivity contribution in [2.24, 2.45) is 5.41 Å². The van der Waals surface area contributed by atoms with Gasteiger partial charge in [0.2, 0.25) is 0 Å². The van der Waals surface area contributed by atoms with Crippen molar-refractivity contribution in [3.8, 4) is 0 Å². The van der Waals surface area contributed by atoms with Crippen LogP contribution in [0.25, 0.3) is 0 Å². The highest BCUT2D eigenvalue weighted by Gasteiger charge is 2.47. The van der Waals surface area contributed by atoms with Crippen LogP contribution >= 0.6 is 25.3 Å². The monoisotopic (exact) mass is 366 g/mol. The van der Waals surface area contributed by atoms with E-state index in [4.69, 9.17) is 5.11 Å². The number of hydrogen-bond acceptors (Lipinski definition) is 5. The topological polar surface area (TPSA) is 94.8 Å². The van der Waals surface area contributed by atoms with Gasteiger partial charge in [0.25, 0.3) is 0 Å². The number of aliphatic hydroxyl groups excluding tert-OH is 1. The van der Waals surface area contributed by atoms with E-state index < -0.39 is 23.5 Å². The lowest BCUT2D eigenvalue weighted by Gasteiger charge is -2.32. The van der Waals surface area contributed by atoms with Gasteiger partial charge < -0.3 is 15.3 Å². The van der Waals surface area contributed by atoms with Gasteiger partial charge in [-0.15, -0.1) is 0 Å². The average molecular weight is 367 g/mol. The molecule has 0 aromatic rings. The molecule has 0 saturated heterocycles. The Bertz CT molecular complexity index is 335. The van der Waals surface area contributed by atoms with Gasteiger partial charge in [-0.2, -0.15) is 25.3 Å². The molecule has 3 N–H and O–H groups in total. The van der Waals surface area contributed by atoms with E-state index in [0.29, 0.717) is 12.8 Å². The summed E-state index contributed by atoms with van der Waals surface area (Å²) in [5.74, 6) is -1.10. The summed E-state index contributed by atoms with van der Waals surface area (Å²) in [6, 6.07) is 0. The van der Waals surface area contributed by atoms with Gasteiger partial charge in [0.15, 0.2) is 6.10 Å². The summed E-state index contributed by atoms with van der Waals surface area (Å²) in [5.41, 5.74) is -1.59. The normalized spacial score (nSPS) is 13.0. The fourth-order valence-electron chi connectivity index (χ4n) is 2.78. The number of thiol groups is 2. The fraction of sp³-hybridized carbons (Fsp3) is 0.875. The van der Waals surface area contributed by atoms with Crippen LogP contribution in [0, 0.1) is 5.41 Å². The molecule has 7 heteroatoms. The second-order valence-corrected chi connectivity index (χ2v) is 6.87. The first-order valence-corrected chi connectivity index (χ1v) is 9.55. The van der Waals surface area contributed by atoms with Crippen molar-refractivity contribution in [2.45, 2.75) is 70.3 Å². The van der Waals surface area contributed by atoms with Crippen molar-refractivity contribution in [1.29, 1.82) is 0 Å². The molecule has 0 aliphatic carbocycles. The first kappa shape index (κ1) is 22.6. The zero-order chi connectivity index (χ0) is 17.7. The zero-order valence-electron chi connectivity index (χ0n) is 13.6. The predicted octanol–water partition coefficient (Wildman–Crippen LogP) is 3.26. The molecule has 0 heterocycles. The second kappa shape index (κ2) is 13.0. The third-order valence-electron chi connectivity index (χ3n) is 4.25. The minimum Gasteiger partial charge on any atom is -0.481 e. The van der Waals surface area contributed by atoms with E-state index in [1.165, 1.54) is 0 Å². The quantitative estimate of drug-likeness (QED) is 0.226. The van der Waals surface area contributed by atoms with Crippen molar-refractivity contribution < 1.29 is 24.9 Å². The van der Waals surface area contributed by atoms with Crippen molar-refractivity contribution in [1.82, 2.24) is 0 Å². The number of carbonyl (C=O) groups is 2. The van der Waals surface area contributed by atoms with Crippen LogP contribution in [0.1, 0.15) is 64.2 Å². The Labute approximate surface area is 149 Å². The second-order valence-electron chi connectivity index (χ2n) is 5.98. The first-order chi connectivity index (χ1) is 10.9. The van der Waals surface area contributed by atoms with E-state index in [-0.39, 0.29) is 12.8 Å². The lowest BCUT2D eigenvalue weighted by atomic mass is 9.73. The molecule has 0 aliphatic heterocycles. The van der Waals surface area contributed by atoms with Crippen LogP contribution in [0.15, 0.2) is 0 Å². The summed E-state index contributed by atoms with van der Waals surface area (Å²) in [4.78, 5) is 22.9. The number of aliphatic carboxylic acids is 2. The van der Waals surface area contributed by atoms with Gasteiger partial charge in [0, 0.05) is 0 Å². The third kappa shape index (κ3) is 8.31. The molecule has 1 atom stereocenters. The van der Waals surface area contributed by atoms with Gasteiger partial charge in [0.1, 0.15) is 5.41 Å². The summed E-state index contributed by atoms with van der Waals surface area (Å²) in [5, 5.41) is 28.7. The molecule has 0 radical (unpaired) electrons. The molecule has 0 aromatic carbocycles. The Morgan fingerprint density at radius 1 is 0.783 bits per heavy atom. The first-order valence-electron chi connectivity index (χ1n) is 8.28. The van der Waals surface area contributed by atoms with Crippen LogP contribution in [-0.4, -0.2) is 44.9 Å². The number of carboxylic acid groups (broad SMARTS) is 2. The minimum atomic E-state index is -1.87. The van der Waals surface area contributed by atoms with Crippen LogP contribution in [0.3, 0.4) is 0 Å². The standard InChI is InChI=1S/C16H30O5S2/c17-13(14(18)19)16(15(20)21,9-5-1-3-7-11-22)10-6-2-4-8-12-23/h13,17,22-23H,1-12H2,(H,18,19)(H,20,21). The van der Waals surface area contributed by atoms with Gasteiger partial charge in [-0.3, -0.25) is 4.79 Å². The third-order valence-corrected chi connectivity index (χ3v) is 4.88. The maximum atomic E-state index is 11.8. The molecular formula is C16H30O5S2. The van der Waals surface area contributed by atoms with Gasteiger partial charge in [-0.05, 0) is 37.2 Å². The van der Waals surface area contributed by atoms with Crippen molar-refractivity contribution in [2.75, 3.05) is 11.5 Å². The maximum Gasteiger partial charge on any atom is 0.333 e. The summed E-state index contributed by atoms with van der Waals surface area (Å²) in [6.45, 7) is 0. The van der Waals surface area contributed by atoms with E-state index in [0.717, 1.165) is 50.0 Å². The summed E-state index contributed by atoms with van der Waals surface area (Å²) >= 11 is 8.26. The molecule has 0 aromatic heterocycles. The number of hydrogen-bond donors (Lipinski definition) is 5. The summed E-state index contributed by atoms with van der Waals surface area (Å²) < 4.78 is 0. The Kier molecular flexibility index (Phi) is 12.7. The maximum absolute atomic E-state index is 11.8. The molecule has 0 fully saturated rings. The highest BCUT2D eigenvalue weighted by molar-refractivity contribution is 7.80. The Morgan fingerprint density at radius 3 is 1.48 bits per heavy atom. The number of aliphatic hydroxyl groups is 1. The average Bonchev–Trinajstić information content (AvgIpc) is 2.51. The van der Waals surface area contributed by atoms with Crippen LogP contribution in [0.4, 0.5) is 0 Å². The zero-order valence-corrected chi connectivity index (χ0v) is 15.4. The number of rotatable bonds is 15. The van der Waals surface area contributed by atoms with Crippen LogP contribution in [0.2, 0.25) is 0 Å². The predicted molar refractivity (Wildman–Crippen MR) is 97.6 cm³/mol. The van der Waals surface area contributed by atoms with Crippen molar-refractivity contribution >= 4 is 37.2 Å². The molecule has 23 heavy (non-hydrogen) atoms. The molecule has 0 spiro atoms. The van der Waals surface area contributed by atoms with Crippen LogP contribution in [-0.2, 0) is 9.59 Å². The fourth-order valence-corrected chi connectivity index (χ4v) is 3.22. The lowest BCUT2D eigenvalue weighted by molar-refractivity contribution is -0.171. The van der Waals surface area contributed by atoms with Gasteiger partial charge in [0.05, 0.1) is 0 Å². The number of carboxylic acids is 2.